The molecule has 0 aromatic heterocycles. The van der Waals surface area contributed by atoms with Crippen LogP contribution in [0.3, 0.4) is 0 Å². The summed E-state index contributed by atoms with van der Waals surface area (Å²) in [5.41, 5.74) is 6.21. The van der Waals surface area contributed by atoms with Gasteiger partial charge in [-0.2, -0.15) is 0 Å². The summed E-state index contributed by atoms with van der Waals surface area (Å²) in [6.07, 6.45) is 0. The monoisotopic (exact) mass is 338 g/mol. The first-order valence-corrected chi connectivity index (χ1v) is 6.50. The van der Waals surface area contributed by atoms with E-state index in [4.69, 9.17) is 10.5 Å². The highest BCUT2D eigenvalue weighted by molar-refractivity contribution is 9.10. The molecule has 2 rings (SSSR count). The van der Waals surface area contributed by atoms with E-state index in [1.165, 1.54) is 19.2 Å². The molecule has 104 valence electrons. The van der Waals surface area contributed by atoms with Gasteiger partial charge in [0, 0.05) is 21.8 Å². The Balaban J connectivity index is 2.23. The number of nitrogen functional groups attached to an aromatic ring is 1. The first-order valence-electron chi connectivity index (χ1n) is 5.70. The van der Waals surface area contributed by atoms with Gasteiger partial charge in [-0.1, -0.05) is 15.9 Å². The number of benzene rings is 2. The van der Waals surface area contributed by atoms with Crippen molar-refractivity contribution in [2.75, 3.05) is 18.2 Å². The smallest absolute Gasteiger partial charge is 0.255 e. The van der Waals surface area contributed by atoms with Crippen LogP contribution in [0.4, 0.5) is 15.8 Å². The third-order valence-electron chi connectivity index (χ3n) is 2.62. The Bertz CT molecular complexity index is 662. The van der Waals surface area contributed by atoms with Gasteiger partial charge < -0.3 is 15.8 Å². The van der Waals surface area contributed by atoms with E-state index in [1.54, 1.807) is 18.2 Å². The van der Waals surface area contributed by atoms with Crippen LogP contribution in [0.2, 0.25) is 0 Å². The van der Waals surface area contributed by atoms with E-state index in [-0.39, 0.29) is 17.2 Å². The molecule has 0 aliphatic heterocycles. The predicted octanol–water partition coefficient (Wildman–Crippen LogP) is 3.43. The van der Waals surface area contributed by atoms with Crippen LogP contribution < -0.4 is 15.8 Å². The molecule has 0 heterocycles. The highest BCUT2D eigenvalue weighted by Crippen LogP contribution is 2.25. The molecule has 0 radical (unpaired) electrons. The van der Waals surface area contributed by atoms with Crippen LogP contribution in [-0.2, 0) is 0 Å². The Kier molecular flexibility index (Phi) is 4.24. The summed E-state index contributed by atoms with van der Waals surface area (Å²) in [6, 6.07) is 9.00. The van der Waals surface area contributed by atoms with Gasteiger partial charge in [0.05, 0.1) is 12.8 Å². The molecule has 2 aromatic carbocycles. The number of hydrogen-bond donors (Lipinski definition) is 2. The summed E-state index contributed by atoms with van der Waals surface area (Å²) in [4.78, 5) is 12.0. The number of carbonyl (C=O) groups is 1. The maximum Gasteiger partial charge on any atom is 0.255 e. The van der Waals surface area contributed by atoms with E-state index in [9.17, 15) is 9.18 Å². The molecule has 0 atom stereocenters. The van der Waals surface area contributed by atoms with Gasteiger partial charge in [0.15, 0.2) is 0 Å². The van der Waals surface area contributed by atoms with Gasteiger partial charge in [-0.3, -0.25) is 4.79 Å². The Labute approximate surface area is 123 Å². The maximum absolute atomic E-state index is 13.1. The molecule has 0 fully saturated rings. The summed E-state index contributed by atoms with van der Waals surface area (Å²) in [6.45, 7) is 0. The molecule has 0 aliphatic rings. The maximum atomic E-state index is 13.1. The number of amides is 1. The van der Waals surface area contributed by atoms with E-state index < -0.39 is 5.82 Å². The number of hydrogen-bond acceptors (Lipinski definition) is 3. The summed E-state index contributed by atoms with van der Waals surface area (Å²) < 4.78 is 18.9. The number of carbonyl (C=O) groups excluding carboxylic acids is 1. The number of nitrogens with one attached hydrogen (secondary N) is 1. The molecule has 3 N–H and O–H groups in total. The molecule has 2 aromatic rings. The first-order chi connectivity index (χ1) is 9.49. The zero-order valence-corrected chi connectivity index (χ0v) is 12.2. The topological polar surface area (TPSA) is 64.3 Å². The van der Waals surface area contributed by atoms with Crippen molar-refractivity contribution in [3.63, 3.8) is 0 Å². The van der Waals surface area contributed by atoms with E-state index >= 15 is 0 Å². The van der Waals surface area contributed by atoms with E-state index in [1.807, 2.05) is 0 Å². The lowest BCUT2D eigenvalue weighted by atomic mass is 10.1. The number of methoxy groups -OCH3 is 1. The molecular weight excluding hydrogens is 327 g/mol. The van der Waals surface area contributed by atoms with Gasteiger partial charge in [0.1, 0.15) is 11.6 Å². The molecular formula is C14H12BrFN2O2. The van der Waals surface area contributed by atoms with Crippen LogP contribution in [0.25, 0.3) is 0 Å². The second kappa shape index (κ2) is 5.92. The summed E-state index contributed by atoms with van der Waals surface area (Å²) >= 11 is 3.32. The molecule has 4 nitrogen and oxygen atoms in total. The number of nitrogens with two attached hydrogens (primary N) is 1. The molecule has 6 heteroatoms. The predicted molar refractivity (Wildman–Crippen MR) is 79.5 cm³/mol. The first kappa shape index (κ1) is 14.3. The summed E-state index contributed by atoms with van der Waals surface area (Å²) in [5, 5.41) is 2.69. The molecule has 0 unspecified atom stereocenters. The van der Waals surface area contributed by atoms with Crippen LogP contribution in [0.1, 0.15) is 10.4 Å². The van der Waals surface area contributed by atoms with Crippen LogP contribution in [0.15, 0.2) is 40.9 Å². The van der Waals surface area contributed by atoms with Gasteiger partial charge >= 0.3 is 0 Å². The Morgan fingerprint density at radius 1 is 1.30 bits per heavy atom. The average molecular weight is 339 g/mol. The van der Waals surface area contributed by atoms with Crippen molar-refractivity contribution in [1.29, 1.82) is 0 Å². The largest absolute Gasteiger partial charge is 0.497 e. The summed E-state index contributed by atoms with van der Waals surface area (Å²) in [7, 11) is 1.54. The van der Waals surface area contributed by atoms with E-state index in [0.29, 0.717) is 11.4 Å². The molecule has 0 saturated carbocycles. The third-order valence-corrected chi connectivity index (χ3v) is 3.08. The van der Waals surface area contributed by atoms with E-state index in [2.05, 4.69) is 21.2 Å². The minimum Gasteiger partial charge on any atom is -0.497 e. The number of ether oxygens (including phenoxy) is 1. The fourth-order valence-electron chi connectivity index (χ4n) is 1.64. The van der Waals surface area contributed by atoms with Crippen molar-refractivity contribution in [3.05, 3.63) is 52.3 Å². The SMILES string of the molecule is COc1cc(Br)cc(NC(=O)c2ccc(F)c(N)c2)c1. The van der Waals surface area contributed by atoms with Crippen molar-refractivity contribution < 1.29 is 13.9 Å². The van der Waals surface area contributed by atoms with Gasteiger partial charge in [-0.25, -0.2) is 4.39 Å². The average Bonchev–Trinajstić information content (AvgIpc) is 2.41. The Morgan fingerprint density at radius 3 is 2.70 bits per heavy atom. The minimum absolute atomic E-state index is 0.0653. The van der Waals surface area contributed by atoms with Gasteiger partial charge in [-0.05, 0) is 30.3 Å². The van der Waals surface area contributed by atoms with Crippen molar-refractivity contribution in [2.24, 2.45) is 0 Å². The van der Waals surface area contributed by atoms with Crippen molar-refractivity contribution in [1.82, 2.24) is 0 Å². The molecule has 1 amide bonds. The highest BCUT2D eigenvalue weighted by Gasteiger charge is 2.09. The lowest BCUT2D eigenvalue weighted by Crippen LogP contribution is -2.12. The van der Waals surface area contributed by atoms with Gasteiger partial charge in [0.2, 0.25) is 0 Å². The fraction of sp³-hybridized carbons (Fsp3) is 0.0714. The van der Waals surface area contributed by atoms with Crippen molar-refractivity contribution >= 4 is 33.2 Å². The number of rotatable bonds is 3. The van der Waals surface area contributed by atoms with Crippen LogP contribution in [-0.4, -0.2) is 13.0 Å². The summed E-state index contributed by atoms with van der Waals surface area (Å²) in [5.74, 6) is -0.323. The lowest BCUT2D eigenvalue weighted by molar-refractivity contribution is 0.102. The normalized spacial score (nSPS) is 10.2. The molecule has 0 aliphatic carbocycles. The lowest BCUT2D eigenvalue weighted by Gasteiger charge is -2.09. The molecule has 0 bridgehead atoms. The van der Waals surface area contributed by atoms with Gasteiger partial charge in [-0.15, -0.1) is 0 Å². The zero-order valence-electron chi connectivity index (χ0n) is 10.6. The highest BCUT2D eigenvalue weighted by atomic mass is 79.9. The van der Waals surface area contributed by atoms with Crippen molar-refractivity contribution in [2.45, 2.75) is 0 Å². The van der Waals surface area contributed by atoms with Crippen LogP contribution >= 0.6 is 15.9 Å². The zero-order chi connectivity index (χ0) is 14.7. The second-order valence-electron chi connectivity index (χ2n) is 4.07. The quantitative estimate of drug-likeness (QED) is 0.842. The molecule has 0 spiro atoms. The van der Waals surface area contributed by atoms with E-state index in [0.717, 1.165) is 10.5 Å². The van der Waals surface area contributed by atoms with Gasteiger partial charge in [0.25, 0.3) is 5.91 Å². The Morgan fingerprint density at radius 2 is 2.05 bits per heavy atom. The van der Waals surface area contributed by atoms with Crippen molar-refractivity contribution in [3.8, 4) is 5.75 Å². The Hall–Kier alpha value is -2.08. The standard InChI is InChI=1S/C14H12BrFN2O2/c1-20-11-6-9(15)5-10(7-11)18-14(19)8-2-3-12(16)13(17)4-8/h2-7H,17H2,1H3,(H,18,19). The molecule has 20 heavy (non-hydrogen) atoms. The van der Waals surface area contributed by atoms with Crippen LogP contribution in [0.5, 0.6) is 5.75 Å². The molecule has 0 saturated heterocycles. The number of halogens is 2. The van der Waals surface area contributed by atoms with Crippen LogP contribution in [0, 0.1) is 5.82 Å². The third kappa shape index (κ3) is 3.27. The second-order valence-corrected chi connectivity index (χ2v) is 4.99. The fourth-order valence-corrected chi connectivity index (χ4v) is 2.11. The minimum atomic E-state index is -0.550. The number of anilines is 2.